The standard InChI is InChI=1S/C38H54ClN2O2.HI/c1-4-6-7-8-9-10-11-12-13-14-15-18-29-43-37-23-19-20-34(32(37)3)31-41(38(42)35-21-16-17-22-36(35)39)30-33-24-27-40(26-5-2)28-25-33;/h16-17,19-25,27-28H,4-15,18,26,29-31H2,1-3H3;1H/q+1;/p-1. The van der Waals surface area contributed by atoms with Crippen LogP contribution < -0.4 is 33.3 Å². The lowest BCUT2D eigenvalue weighted by molar-refractivity contribution is -0.697. The van der Waals surface area contributed by atoms with Gasteiger partial charge in [-0.05, 0) is 48.2 Å². The SMILES string of the molecule is CCCCCCCCCCCCCCOc1cccc(CN(Cc2cc[n+](CCC)cc2)C(=O)c2ccccc2Cl)c1C.[I-]. The minimum atomic E-state index is -0.0712. The third-order valence-electron chi connectivity index (χ3n) is 8.22. The van der Waals surface area contributed by atoms with Crippen molar-refractivity contribution in [3.8, 4) is 5.75 Å². The van der Waals surface area contributed by atoms with E-state index < -0.39 is 0 Å². The molecule has 242 valence electrons. The highest BCUT2D eigenvalue weighted by atomic mass is 127. The maximum absolute atomic E-state index is 13.8. The fourth-order valence-electron chi connectivity index (χ4n) is 5.54. The van der Waals surface area contributed by atoms with Crippen LogP contribution in [-0.4, -0.2) is 17.4 Å². The number of hydrogen-bond acceptors (Lipinski definition) is 2. The summed E-state index contributed by atoms with van der Waals surface area (Å²) in [6.07, 6.45) is 21.2. The van der Waals surface area contributed by atoms with Gasteiger partial charge in [0, 0.05) is 31.6 Å². The maximum Gasteiger partial charge on any atom is 0.255 e. The van der Waals surface area contributed by atoms with Gasteiger partial charge >= 0.3 is 0 Å². The number of aromatic nitrogens is 1. The minimum absolute atomic E-state index is 0. The second-order valence-electron chi connectivity index (χ2n) is 11.9. The second-order valence-corrected chi connectivity index (χ2v) is 12.3. The summed E-state index contributed by atoms with van der Waals surface area (Å²) < 4.78 is 8.41. The van der Waals surface area contributed by atoms with Crippen molar-refractivity contribution in [1.82, 2.24) is 4.90 Å². The molecular formula is C38H54ClIN2O2. The Balaban J connectivity index is 0.00000675. The molecule has 0 unspecified atom stereocenters. The summed E-state index contributed by atoms with van der Waals surface area (Å²) in [6.45, 7) is 9.24. The zero-order valence-electron chi connectivity index (χ0n) is 27.3. The Morgan fingerprint density at radius 3 is 1.98 bits per heavy atom. The lowest BCUT2D eigenvalue weighted by atomic mass is 10.1. The minimum Gasteiger partial charge on any atom is -1.00 e. The fraction of sp³-hybridized carbons (Fsp3) is 0.526. The Morgan fingerprint density at radius 1 is 0.750 bits per heavy atom. The fourth-order valence-corrected chi connectivity index (χ4v) is 5.76. The molecule has 0 aliphatic rings. The summed E-state index contributed by atoms with van der Waals surface area (Å²) in [5.41, 5.74) is 3.79. The lowest BCUT2D eigenvalue weighted by Crippen LogP contribution is -3.00. The van der Waals surface area contributed by atoms with Gasteiger partial charge in [-0.15, -0.1) is 0 Å². The Bertz CT molecular complexity index is 1220. The van der Waals surface area contributed by atoms with Crippen molar-refractivity contribution in [3.05, 3.63) is 94.3 Å². The first-order valence-corrected chi connectivity index (χ1v) is 17.1. The summed E-state index contributed by atoms with van der Waals surface area (Å²) in [5, 5.41) is 0.475. The van der Waals surface area contributed by atoms with E-state index in [1.54, 1.807) is 12.1 Å². The lowest BCUT2D eigenvalue weighted by Gasteiger charge is -2.25. The molecule has 3 aromatic rings. The van der Waals surface area contributed by atoms with Crippen molar-refractivity contribution < 1.29 is 38.1 Å². The predicted molar refractivity (Wildman–Crippen MR) is 180 cm³/mol. The Morgan fingerprint density at radius 2 is 1.36 bits per heavy atom. The molecule has 0 bridgehead atoms. The topological polar surface area (TPSA) is 33.4 Å². The Labute approximate surface area is 289 Å². The largest absolute Gasteiger partial charge is 1.00 e. The van der Waals surface area contributed by atoms with Crippen LogP contribution in [0.25, 0.3) is 0 Å². The van der Waals surface area contributed by atoms with Crippen LogP contribution in [0.2, 0.25) is 5.02 Å². The smallest absolute Gasteiger partial charge is 0.255 e. The molecule has 0 aliphatic carbocycles. The van der Waals surface area contributed by atoms with E-state index in [9.17, 15) is 4.79 Å². The van der Waals surface area contributed by atoms with Crippen LogP contribution >= 0.6 is 11.6 Å². The van der Waals surface area contributed by atoms with Gasteiger partial charge < -0.3 is 33.6 Å². The second kappa shape index (κ2) is 22.4. The summed E-state index contributed by atoms with van der Waals surface area (Å²) >= 11 is 6.46. The average molecular weight is 733 g/mol. The van der Waals surface area contributed by atoms with Crippen LogP contribution in [-0.2, 0) is 19.6 Å². The number of halogens is 2. The highest BCUT2D eigenvalue weighted by Crippen LogP contribution is 2.26. The Hall–Kier alpha value is -2.12. The first kappa shape index (κ1) is 38.1. The number of unbranched alkanes of at least 4 members (excludes halogenated alkanes) is 11. The third-order valence-corrected chi connectivity index (χ3v) is 8.55. The summed E-state index contributed by atoms with van der Waals surface area (Å²) in [6, 6.07) is 17.7. The van der Waals surface area contributed by atoms with Gasteiger partial charge in [0.1, 0.15) is 12.3 Å². The van der Waals surface area contributed by atoms with E-state index in [4.69, 9.17) is 16.3 Å². The normalized spacial score (nSPS) is 10.8. The van der Waals surface area contributed by atoms with Crippen LogP contribution in [0.4, 0.5) is 0 Å². The first-order chi connectivity index (χ1) is 21.0. The number of nitrogens with zero attached hydrogens (tertiary/aromatic N) is 2. The van der Waals surface area contributed by atoms with E-state index in [-0.39, 0.29) is 29.9 Å². The van der Waals surface area contributed by atoms with Gasteiger partial charge in [0.05, 0.1) is 17.2 Å². The third kappa shape index (κ3) is 13.5. The van der Waals surface area contributed by atoms with Crippen LogP contribution in [0.1, 0.15) is 124 Å². The molecule has 44 heavy (non-hydrogen) atoms. The summed E-state index contributed by atoms with van der Waals surface area (Å²) in [4.78, 5) is 15.6. The molecule has 0 saturated carbocycles. The highest BCUT2D eigenvalue weighted by molar-refractivity contribution is 6.33. The number of carbonyl (C=O) groups excluding carboxylic acids is 1. The molecular weight excluding hydrogens is 679 g/mol. The number of ether oxygens (including phenoxy) is 1. The van der Waals surface area contributed by atoms with Crippen LogP contribution in [0.3, 0.4) is 0 Å². The molecule has 2 aromatic carbocycles. The zero-order chi connectivity index (χ0) is 30.7. The quantitative estimate of drug-likeness (QED) is 0.0656. The number of carbonyl (C=O) groups is 1. The van der Waals surface area contributed by atoms with Gasteiger partial charge in [0.15, 0.2) is 12.4 Å². The maximum atomic E-state index is 13.8. The first-order valence-electron chi connectivity index (χ1n) is 16.8. The molecule has 0 saturated heterocycles. The van der Waals surface area contributed by atoms with Crippen molar-refractivity contribution in [2.75, 3.05) is 6.61 Å². The number of pyridine rings is 1. The van der Waals surface area contributed by atoms with Gasteiger partial charge in [0.25, 0.3) is 5.91 Å². The summed E-state index contributed by atoms with van der Waals surface area (Å²) in [5.74, 6) is 0.837. The van der Waals surface area contributed by atoms with Crippen LogP contribution in [0.5, 0.6) is 5.75 Å². The van der Waals surface area contributed by atoms with E-state index in [0.29, 0.717) is 23.7 Å². The van der Waals surface area contributed by atoms with Crippen LogP contribution in [0, 0.1) is 6.92 Å². The van der Waals surface area contributed by atoms with E-state index >= 15 is 0 Å². The van der Waals surface area contributed by atoms with Crippen molar-refractivity contribution >= 4 is 17.5 Å². The van der Waals surface area contributed by atoms with Gasteiger partial charge in [-0.25, -0.2) is 4.57 Å². The van der Waals surface area contributed by atoms with E-state index in [1.807, 2.05) is 29.2 Å². The molecule has 1 heterocycles. The number of benzene rings is 2. The number of aryl methyl sites for hydroxylation is 1. The molecule has 1 amide bonds. The number of amides is 1. The molecule has 0 atom stereocenters. The molecule has 0 fully saturated rings. The van der Waals surface area contributed by atoms with Crippen molar-refractivity contribution in [2.45, 2.75) is 124 Å². The van der Waals surface area contributed by atoms with Gasteiger partial charge in [-0.3, -0.25) is 4.79 Å². The predicted octanol–water partition coefficient (Wildman–Crippen LogP) is 7.27. The summed E-state index contributed by atoms with van der Waals surface area (Å²) in [7, 11) is 0. The Kier molecular flexibility index (Phi) is 19.4. The van der Waals surface area contributed by atoms with Crippen molar-refractivity contribution in [2.24, 2.45) is 0 Å². The van der Waals surface area contributed by atoms with E-state index in [0.717, 1.165) is 48.4 Å². The number of rotatable bonds is 21. The number of hydrogen-bond donors (Lipinski definition) is 0. The van der Waals surface area contributed by atoms with E-state index in [2.05, 4.69) is 55.9 Å². The van der Waals surface area contributed by atoms with Gasteiger partial charge in [0.2, 0.25) is 0 Å². The van der Waals surface area contributed by atoms with E-state index in [1.165, 1.54) is 70.6 Å². The van der Waals surface area contributed by atoms with Crippen molar-refractivity contribution in [3.63, 3.8) is 0 Å². The molecule has 0 aliphatic heterocycles. The van der Waals surface area contributed by atoms with Gasteiger partial charge in [-0.1, -0.05) is 120 Å². The molecule has 1 aromatic heterocycles. The average Bonchev–Trinajstić information content (AvgIpc) is 3.01. The molecule has 6 heteroatoms. The molecule has 4 nitrogen and oxygen atoms in total. The van der Waals surface area contributed by atoms with Gasteiger partial charge in [-0.2, -0.15) is 0 Å². The molecule has 0 N–H and O–H groups in total. The monoisotopic (exact) mass is 732 g/mol. The molecule has 0 spiro atoms. The van der Waals surface area contributed by atoms with Crippen LogP contribution in [0.15, 0.2) is 67.0 Å². The molecule has 3 rings (SSSR count). The highest BCUT2D eigenvalue weighted by Gasteiger charge is 2.21. The zero-order valence-corrected chi connectivity index (χ0v) is 30.3. The molecule has 0 radical (unpaired) electrons. The van der Waals surface area contributed by atoms with Crippen molar-refractivity contribution in [1.29, 1.82) is 0 Å².